The number of anilines is 1. The van der Waals surface area contributed by atoms with Crippen molar-refractivity contribution in [3.63, 3.8) is 0 Å². The number of halogens is 1. The van der Waals surface area contributed by atoms with E-state index in [2.05, 4.69) is 21.2 Å². The summed E-state index contributed by atoms with van der Waals surface area (Å²) in [5.41, 5.74) is 0.779. The van der Waals surface area contributed by atoms with Crippen LogP contribution in [0.4, 0.5) is 10.5 Å². The zero-order valence-corrected chi connectivity index (χ0v) is 9.13. The molecule has 0 atom stereocenters. The van der Waals surface area contributed by atoms with Crippen LogP contribution >= 0.6 is 15.9 Å². The average molecular weight is 243 g/mol. The molecule has 0 spiro atoms. The van der Waals surface area contributed by atoms with Crippen LogP contribution in [0.15, 0.2) is 28.7 Å². The molecule has 0 fully saturated rings. The number of hydrogen-bond donors (Lipinski definition) is 1. The van der Waals surface area contributed by atoms with Crippen molar-refractivity contribution < 1.29 is 4.79 Å². The van der Waals surface area contributed by atoms with E-state index in [1.54, 1.807) is 14.1 Å². The molecule has 13 heavy (non-hydrogen) atoms. The Labute approximate surface area is 85.9 Å². The summed E-state index contributed by atoms with van der Waals surface area (Å²) < 4.78 is 0.880. The molecular weight excluding hydrogens is 232 g/mol. The van der Waals surface area contributed by atoms with Gasteiger partial charge in [-0.25, -0.2) is 4.79 Å². The number of nitrogens with zero attached hydrogens (tertiary/aromatic N) is 1. The van der Waals surface area contributed by atoms with Crippen molar-refractivity contribution >= 4 is 27.6 Å². The smallest absolute Gasteiger partial charge is 0.321 e. The highest BCUT2D eigenvalue weighted by Gasteiger charge is 2.05. The third-order valence-corrected chi connectivity index (χ3v) is 2.21. The standard InChI is InChI=1S/C9H11BrN2O/c1-12(2)9(13)11-8-6-4-3-5-7(8)10/h3-6H,1-2H3,(H,11,13). The van der Waals surface area contributed by atoms with Crippen LogP contribution in [0.3, 0.4) is 0 Å². The first kappa shape index (κ1) is 10.1. The molecule has 0 radical (unpaired) electrons. The fraction of sp³-hybridized carbons (Fsp3) is 0.222. The number of carbonyl (C=O) groups is 1. The highest BCUT2D eigenvalue weighted by molar-refractivity contribution is 9.10. The number of para-hydroxylation sites is 1. The van der Waals surface area contributed by atoms with Crippen LogP contribution in [-0.2, 0) is 0 Å². The molecule has 0 unspecified atom stereocenters. The molecule has 0 bridgehead atoms. The number of carbonyl (C=O) groups excluding carboxylic acids is 1. The molecule has 1 aromatic rings. The van der Waals surface area contributed by atoms with Crippen LogP contribution in [-0.4, -0.2) is 25.0 Å². The molecule has 0 aliphatic heterocycles. The third-order valence-electron chi connectivity index (χ3n) is 1.52. The van der Waals surface area contributed by atoms with Crippen LogP contribution in [0.2, 0.25) is 0 Å². The topological polar surface area (TPSA) is 32.3 Å². The number of hydrogen-bond acceptors (Lipinski definition) is 1. The molecule has 0 heterocycles. The second kappa shape index (κ2) is 4.28. The minimum Gasteiger partial charge on any atom is -0.331 e. The predicted molar refractivity (Wildman–Crippen MR) is 56.8 cm³/mol. The van der Waals surface area contributed by atoms with Crippen LogP contribution in [0.1, 0.15) is 0 Å². The Morgan fingerprint density at radius 3 is 2.54 bits per heavy atom. The monoisotopic (exact) mass is 242 g/mol. The zero-order chi connectivity index (χ0) is 9.84. The van der Waals surface area contributed by atoms with E-state index in [9.17, 15) is 4.79 Å². The van der Waals surface area contributed by atoms with Crippen LogP contribution in [0.5, 0.6) is 0 Å². The Bertz CT molecular complexity index is 312. The molecule has 4 heteroatoms. The SMILES string of the molecule is CN(C)C(=O)Nc1ccccc1Br. The summed E-state index contributed by atoms with van der Waals surface area (Å²) in [7, 11) is 3.40. The van der Waals surface area contributed by atoms with Crippen LogP contribution in [0.25, 0.3) is 0 Å². The lowest BCUT2D eigenvalue weighted by molar-refractivity contribution is 0.230. The summed E-state index contributed by atoms with van der Waals surface area (Å²) in [5, 5.41) is 2.75. The molecule has 0 saturated heterocycles. The van der Waals surface area contributed by atoms with E-state index in [-0.39, 0.29) is 6.03 Å². The lowest BCUT2D eigenvalue weighted by Crippen LogP contribution is -2.27. The van der Waals surface area contributed by atoms with Gasteiger partial charge in [0, 0.05) is 18.6 Å². The molecule has 1 aromatic carbocycles. The summed E-state index contributed by atoms with van der Waals surface area (Å²) in [4.78, 5) is 12.7. The van der Waals surface area contributed by atoms with Gasteiger partial charge in [-0.05, 0) is 28.1 Å². The van der Waals surface area contributed by atoms with E-state index in [1.807, 2.05) is 24.3 Å². The maximum Gasteiger partial charge on any atom is 0.321 e. The van der Waals surface area contributed by atoms with E-state index < -0.39 is 0 Å². The number of urea groups is 1. The van der Waals surface area contributed by atoms with Gasteiger partial charge in [0.05, 0.1) is 5.69 Å². The van der Waals surface area contributed by atoms with Crippen molar-refractivity contribution in [3.8, 4) is 0 Å². The summed E-state index contributed by atoms with van der Waals surface area (Å²) >= 11 is 3.34. The van der Waals surface area contributed by atoms with Gasteiger partial charge in [-0.2, -0.15) is 0 Å². The van der Waals surface area contributed by atoms with Gasteiger partial charge in [-0.1, -0.05) is 12.1 Å². The number of rotatable bonds is 1. The number of nitrogens with one attached hydrogen (secondary N) is 1. The molecule has 3 nitrogen and oxygen atoms in total. The molecule has 0 aliphatic carbocycles. The van der Waals surface area contributed by atoms with Gasteiger partial charge in [0.1, 0.15) is 0 Å². The van der Waals surface area contributed by atoms with Crippen molar-refractivity contribution in [1.29, 1.82) is 0 Å². The van der Waals surface area contributed by atoms with E-state index in [0.717, 1.165) is 10.2 Å². The molecule has 1 N–H and O–H groups in total. The first-order chi connectivity index (χ1) is 6.11. The maximum atomic E-state index is 11.3. The third kappa shape index (κ3) is 2.73. The molecular formula is C9H11BrN2O. The molecule has 0 saturated carbocycles. The van der Waals surface area contributed by atoms with Crippen LogP contribution in [0, 0.1) is 0 Å². The van der Waals surface area contributed by atoms with Gasteiger partial charge in [-0.3, -0.25) is 0 Å². The van der Waals surface area contributed by atoms with Crippen molar-refractivity contribution in [3.05, 3.63) is 28.7 Å². The molecule has 2 amide bonds. The second-order valence-corrected chi connectivity index (χ2v) is 3.66. The van der Waals surface area contributed by atoms with Gasteiger partial charge in [-0.15, -0.1) is 0 Å². The Hall–Kier alpha value is -1.03. The van der Waals surface area contributed by atoms with E-state index >= 15 is 0 Å². The van der Waals surface area contributed by atoms with Crippen molar-refractivity contribution in [2.45, 2.75) is 0 Å². The lowest BCUT2D eigenvalue weighted by atomic mass is 10.3. The van der Waals surface area contributed by atoms with Crippen molar-refractivity contribution in [2.24, 2.45) is 0 Å². The highest BCUT2D eigenvalue weighted by atomic mass is 79.9. The van der Waals surface area contributed by atoms with Crippen molar-refractivity contribution in [2.75, 3.05) is 19.4 Å². The summed E-state index contributed by atoms with van der Waals surface area (Å²) in [6.07, 6.45) is 0. The average Bonchev–Trinajstić information content (AvgIpc) is 2.08. The molecule has 0 aromatic heterocycles. The van der Waals surface area contributed by atoms with Gasteiger partial charge < -0.3 is 10.2 Å². The number of amides is 2. The fourth-order valence-electron chi connectivity index (χ4n) is 0.790. The minimum atomic E-state index is -0.132. The quantitative estimate of drug-likeness (QED) is 0.807. The Morgan fingerprint density at radius 2 is 2.00 bits per heavy atom. The predicted octanol–water partition coefficient (Wildman–Crippen LogP) is 2.54. The van der Waals surface area contributed by atoms with E-state index in [4.69, 9.17) is 0 Å². The molecule has 0 aliphatic rings. The zero-order valence-electron chi connectivity index (χ0n) is 7.54. The Balaban J connectivity index is 2.75. The largest absolute Gasteiger partial charge is 0.331 e. The van der Waals surface area contributed by atoms with Gasteiger partial charge in [0.15, 0.2) is 0 Å². The Morgan fingerprint density at radius 1 is 1.38 bits per heavy atom. The number of benzene rings is 1. The van der Waals surface area contributed by atoms with E-state index in [1.165, 1.54) is 4.90 Å². The molecule has 1 rings (SSSR count). The summed E-state index contributed by atoms with van der Waals surface area (Å²) in [6.45, 7) is 0. The van der Waals surface area contributed by atoms with Crippen LogP contribution < -0.4 is 5.32 Å². The minimum absolute atomic E-state index is 0.132. The Kier molecular flexibility index (Phi) is 3.31. The van der Waals surface area contributed by atoms with E-state index in [0.29, 0.717) is 0 Å². The fourth-order valence-corrected chi connectivity index (χ4v) is 1.17. The summed E-state index contributed by atoms with van der Waals surface area (Å²) in [5.74, 6) is 0. The second-order valence-electron chi connectivity index (χ2n) is 2.80. The highest BCUT2D eigenvalue weighted by Crippen LogP contribution is 2.21. The van der Waals surface area contributed by atoms with Crippen molar-refractivity contribution in [1.82, 2.24) is 4.90 Å². The van der Waals surface area contributed by atoms with Gasteiger partial charge >= 0.3 is 6.03 Å². The molecule has 70 valence electrons. The first-order valence-electron chi connectivity index (χ1n) is 3.84. The van der Waals surface area contributed by atoms with Gasteiger partial charge in [0.2, 0.25) is 0 Å². The normalized spacial score (nSPS) is 9.46. The maximum absolute atomic E-state index is 11.3. The summed E-state index contributed by atoms with van der Waals surface area (Å²) in [6, 6.07) is 7.36. The lowest BCUT2D eigenvalue weighted by Gasteiger charge is -2.12. The van der Waals surface area contributed by atoms with Gasteiger partial charge in [0.25, 0.3) is 0 Å². The first-order valence-corrected chi connectivity index (χ1v) is 4.63.